The highest BCUT2D eigenvalue weighted by Gasteiger charge is 2.39. The van der Waals surface area contributed by atoms with Gasteiger partial charge in [0.1, 0.15) is 0 Å². The molecule has 1 aliphatic carbocycles. The van der Waals surface area contributed by atoms with Gasteiger partial charge in [0.2, 0.25) is 0 Å². The average molecular weight is 247 g/mol. The van der Waals surface area contributed by atoms with Crippen molar-refractivity contribution in [3.05, 3.63) is 0 Å². The van der Waals surface area contributed by atoms with Crippen LogP contribution in [0.1, 0.15) is 52.9 Å². The highest BCUT2D eigenvalue weighted by Crippen LogP contribution is 2.28. The second-order valence-corrected chi connectivity index (χ2v) is 7.43. The highest BCUT2D eigenvalue weighted by molar-refractivity contribution is 7.92. The third-order valence-corrected chi connectivity index (χ3v) is 6.53. The van der Waals surface area contributed by atoms with Crippen LogP contribution >= 0.6 is 0 Å². The second-order valence-electron chi connectivity index (χ2n) is 4.84. The zero-order valence-corrected chi connectivity index (χ0v) is 11.5. The van der Waals surface area contributed by atoms with E-state index in [0.717, 1.165) is 38.6 Å². The van der Waals surface area contributed by atoms with Crippen LogP contribution in [-0.2, 0) is 9.84 Å². The summed E-state index contributed by atoms with van der Waals surface area (Å²) in [5.41, 5.74) is 0. The molecule has 0 aromatic carbocycles. The molecule has 3 atom stereocenters. The first-order valence-electron chi connectivity index (χ1n) is 6.50. The van der Waals surface area contributed by atoms with Crippen molar-refractivity contribution in [2.45, 2.75) is 69.4 Å². The first-order chi connectivity index (χ1) is 7.54. The SMILES string of the molecule is CCCNC1CCCC1S(=O)(=O)C(C)CC. The molecule has 0 aliphatic heterocycles. The van der Waals surface area contributed by atoms with E-state index in [2.05, 4.69) is 12.2 Å². The van der Waals surface area contributed by atoms with Gasteiger partial charge in [-0.15, -0.1) is 0 Å². The fourth-order valence-corrected chi connectivity index (χ4v) is 4.66. The van der Waals surface area contributed by atoms with Gasteiger partial charge in [-0.05, 0) is 39.2 Å². The van der Waals surface area contributed by atoms with Gasteiger partial charge in [0, 0.05) is 6.04 Å². The zero-order valence-electron chi connectivity index (χ0n) is 10.7. The monoisotopic (exact) mass is 247 g/mol. The lowest BCUT2D eigenvalue weighted by Crippen LogP contribution is -2.43. The van der Waals surface area contributed by atoms with Crippen molar-refractivity contribution < 1.29 is 8.42 Å². The van der Waals surface area contributed by atoms with Gasteiger partial charge in [0.05, 0.1) is 10.5 Å². The first kappa shape index (κ1) is 14.0. The Hall–Kier alpha value is -0.0900. The lowest BCUT2D eigenvalue weighted by atomic mass is 10.2. The maximum absolute atomic E-state index is 12.3. The van der Waals surface area contributed by atoms with Crippen LogP contribution in [0.15, 0.2) is 0 Å². The Labute approximate surface area is 99.9 Å². The zero-order chi connectivity index (χ0) is 12.2. The van der Waals surface area contributed by atoms with Crippen LogP contribution in [0.5, 0.6) is 0 Å². The number of hydrogen-bond acceptors (Lipinski definition) is 3. The Balaban J connectivity index is 2.70. The molecule has 1 rings (SSSR count). The van der Waals surface area contributed by atoms with E-state index < -0.39 is 9.84 Å². The Kier molecular flexibility index (Phi) is 5.25. The summed E-state index contributed by atoms with van der Waals surface area (Å²) in [7, 11) is -2.93. The maximum Gasteiger partial charge on any atom is 0.157 e. The van der Waals surface area contributed by atoms with E-state index >= 15 is 0 Å². The van der Waals surface area contributed by atoms with Gasteiger partial charge in [-0.25, -0.2) is 8.42 Å². The van der Waals surface area contributed by atoms with Crippen LogP contribution in [-0.4, -0.2) is 31.5 Å². The third kappa shape index (κ3) is 2.98. The van der Waals surface area contributed by atoms with E-state index in [-0.39, 0.29) is 16.5 Å². The van der Waals surface area contributed by atoms with E-state index in [4.69, 9.17) is 0 Å². The van der Waals surface area contributed by atoms with Gasteiger partial charge >= 0.3 is 0 Å². The molecule has 0 aromatic heterocycles. The standard InChI is InChI=1S/C12H25NO2S/c1-4-9-13-11-7-6-8-12(11)16(14,15)10(3)5-2/h10-13H,4-9H2,1-3H3. The Morgan fingerprint density at radius 1 is 1.31 bits per heavy atom. The van der Waals surface area contributed by atoms with Crippen LogP contribution in [0.2, 0.25) is 0 Å². The number of hydrogen-bond donors (Lipinski definition) is 1. The smallest absolute Gasteiger partial charge is 0.157 e. The van der Waals surface area contributed by atoms with Crippen LogP contribution in [0.3, 0.4) is 0 Å². The summed E-state index contributed by atoms with van der Waals surface area (Å²) in [6.07, 6.45) is 4.68. The molecule has 1 N–H and O–H groups in total. The predicted octanol–water partition coefficient (Wildman–Crippen LogP) is 2.12. The summed E-state index contributed by atoms with van der Waals surface area (Å²) in [6.45, 7) is 6.83. The molecule has 3 nitrogen and oxygen atoms in total. The molecule has 0 heterocycles. The first-order valence-corrected chi connectivity index (χ1v) is 8.11. The van der Waals surface area contributed by atoms with E-state index in [1.807, 2.05) is 13.8 Å². The maximum atomic E-state index is 12.3. The molecule has 0 aromatic rings. The lowest BCUT2D eigenvalue weighted by Gasteiger charge is -2.24. The van der Waals surface area contributed by atoms with Crippen molar-refractivity contribution >= 4 is 9.84 Å². The lowest BCUT2D eigenvalue weighted by molar-refractivity contribution is 0.499. The Morgan fingerprint density at radius 2 is 2.00 bits per heavy atom. The minimum absolute atomic E-state index is 0.144. The largest absolute Gasteiger partial charge is 0.313 e. The summed E-state index contributed by atoms with van der Waals surface area (Å²) < 4.78 is 24.6. The molecule has 0 amide bonds. The van der Waals surface area contributed by atoms with Crippen molar-refractivity contribution in [1.82, 2.24) is 5.32 Å². The molecule has 0 spiro atoms. The molecule has 1 saturated carbocycles. The van der Waals surface area contributed by atoms with Gasteiger partial charge in [-0.3, -0.25) is 0 Å². The molecule has 4 heteroatoms. The molecule has 0 saturated heterocycles. The summed E-state index contributed by atoms with van der Waals surface area (Å²) in [4.78, 5) is 0. The van der Waals surface area contributed by atoms with Crippen molar-refractivity contribution in [2.75, 3.05) is 6.54 Å². The van der Waals surface area contributed by atoms with E-state index in [0.29, 0.717) is 0 Å². The van der Waals surface area contributed by atoms with Gasteiger partial charge in [-0.2, -0.15) is 0 Å². The summed E-state index contributed by atoms with van der Waals surface area (Å²) in [5.74, 6) is 0. The van der Waals surface area contributed by atoms with Gasteiger partial charge in [-0.1, -0.05) is 20.3 Å². The van der Waals surface area contributed by atoms with Crippen LogP contribution in [0.25, 0.3) is 0 Å². The molecule has 16 heavy (non-hydrogen) atoms. The predicted molar refractivity (Wildman–Crippen MR) is 68.4 cm³/mol. The van der Waals surface area contributed by atoms with Crippen LogP contribution in [0.4, 0.5) is 0 Å². The second kappa shape index (κ2) is 6.01. The molecule has 1 aliphatic rings. The Bertz CT molecular complexity index is 300. The van der Waals surface area contributed by atoms with Gasteiger partial charge in [0.15, 0.2) is 9.84 Å². The van der Waals surface area contributed by atoms with E-state index in [9.17, 15) is 8.42 Å². The van der Waals surface area contributed by atoms with Gasteiger partial charge < -0.3 is 5.32 Å². The average Bonchev–Trinajstić information content (AvgIpc) is 2.73. The van der Waals surface area contributed by atoms with Crippen LogP contribution < -0.4 is 5.32 Å². The fourth-order valence-electron chi connectivity index (χ4n) is 2.41. The van der Waals surface area contributed by atoms with E-state index in [1.165, 1.54) is 0 Å². The number of nitrogens with one attached hydrogen (secondary N) is 1. The molecule has 0 bridgehead atoms. The van der Waals surface area contributed by atoms with Crippen molar-refractivity contribution in [3.63, 3.8) is 0 Å². The summed E-state index contributed by atoms with van der Waals surface area (Å²) in [6, 6.07) is 0.193. The van der Waals surface area contributed by atoms with E-state index in [1.54, 1.807) is 0 Å². The molecule has 96 valence electrons. The van der Waals surface area contributed by atoms with Crippen molar-refractivity contribution in [3.8, 4) is 0 Å². The molecule has 1 fully saturated rings. The number of sulfone groups is 1. The highest BCUT2D eigenvalue weighted by atomic mass is 32.2. The molecular weight excluding hydrogens is 222 g/mol. The fraction of sp³-hybridized carbons (Fsp3) is 1.00. The van der Waals surface area contributed by atoms with Gasteiger partial charge in [0.25, 0.3) is 0 Å². The van der Waals surface area contributed by atoms with Crippen LogP contribution in [0, 0.1) is 0 Å². The van der Waals surface area contributed by atoms with Crippen molar-refractivity contribution in [1.29, 1.82) is 0 Å². The molecular formula is C12H25NO2S. The Morgan fingerprint density at radius 3 is 2.56 bits per heavy atom. The minimum atomic E-state index is -2.93. The minimum Gasteiger partial charge on any atom is -0.313 e. The quantitative estimate of drug-likeness (QED) is 0.782. The summed E-state index contributed by atoms with van der Waals surface area (Å²) in [5, 5.41) is 3.05. The summed E-state index contributed by atoms with van der Waals surface area (Å²) >= 11 is 0. The normalized spacial score (nSPS) is 28.2. The molecule has 0 radical (unpaired) electrons. The third-order valence-electron chi connectivity index (χ3n) is 3.67. The van der Waals surface area contributed by atoms with Crippen molar-refractivity contribution in [2.24, 2.45) is 0 Å². The molecule has 3 unspecified atom stereocenters. The topological polar surface area (TPSA) is 46.2 Å². The number of rotatable bonds is 6.